The summed E-state index contributed by atoms with van der Waals surface area (Å²) >= 11 is 1.71. The molecule has 0 spiro atoms. The molecule has 0 atom stereocenters. The number of hydrogen-bond donors (Lipinski definition) is 0. The van der Waals surface area contributed by atoms with E-state index in [1.54, 1.807) is 11.8 Å². The summed E-state index contributed by atoms with van der Waals surface area (Å²) in [7, 11) is 0. The first-order valence-corrected chi connectivity index (χ1v) is 5.62. The normalized spacial score (nSPS) is 10.6. The van der Waals surface area contributed by atoms with Crippen LogP contribution >= 0.6 is 11.8 Å². The van der Waals surface area contributed by atoms with Crippen molar-refractivity contribution in [3.05, 3.63) is 41.8 Å². The number of unbranched alkanes of at least 4 members (excludes halogenated alkanes) is 2. The molecular weight excluding hydrogens is 192 g/mol. The molecule has 0 aliphatic heterocycles. The lowest BCUT2D eigenvalue weighted by Gasteiger charge is -1.93. The molecule has 0 saturated carbocycles. The van der Waals surface area contributed by atoms with E-state index in [0.29, 0.717) is 6.42 Å². The lowest BCUT2D eigenvalue weighted by molar-refractivity contribution is -0.107. The molecule has 14 heavy (non-hydrogen) atoms. The Bertz CT molecular complexity index is 280. The summed E-state index contributed by atoms with van der Waals surface area (Å²) in [6, 6.07) is 10.2. The second-order valence-electron chi connectivity index (χ2n) is 2.90. The van der Waals surface area contributed by atoms with E-state index in [4.69, 9.17) is 0 Å². The molecule has 2 heteroatoms. The van der Waals surface area contributed by atoms with E-state index in [0.717, 1.165) is 19.1 Å². The van der Waals surface area contributed by atoms with Gasteiger partial charge < -0.3 is 4.79 Å². The van der Waals surface area contributed by atoms with Crippen LogP contribution in [0.5, 0.6) is 0 Å². The van der Waals surface area contributed by atoms with Gasteiger partial charge in [-0.1, -0.05) is 36.0 Å². The molecule has 74 valence electrons. The quantitative estimate of drug-likeness (QED) is 0.401. The van der Waals surface area contributed by atoms with Gasteiger partial charge in [0.2, 0.25) is 0 Å². The van der Waals surface area contributed by atoms with Gasteiger partial charge in [-0.05, 0) is 30.4 Å². The maximum atomic E-state index is 10.0. The summed E-state index contributed by atoms with van der Waals surface area (Å²) in [5, 5.41) is 2.08. The third-order valence-corrected chi connectivity index (χ3v) is 2.61. The van der Waals surface area contributed by atoms with Crippen LogP contribution in [0.4, 0.5) is 0 Å². The molecule has 0 heterocycles. The smallest absolute Gasteiger partial charge is 0.120 e. The molecule has 1 aromatic carbocycles. The molecule has 0 aliphatic carbocycles. The summed E-state index contributed by atoms with van der Waals surface area (Å²) in [5.41, 5.74) is 0. The lowest BCUT2D eigenvalue weighted by Crippen LogP contribution is -1.73. The molecule has 1 nitrogen and oxygen atoms in total. The minimum absolute atomic E-state index is 0.667. The van der Waals surface area contributed by atoms with Gasteiger partial charge in [0.15, 0.2) is 0 Å². The minimum Gasteiger partial charge on any atom is -0.303 e. The van der Waals surface area contributed by atoms with E-state index in [-0.39, 0.29) is 0 Å². The summed E-state index contributed by atoms with van der Waals surface area (Å²) in [6.45, 7) is 0. The molecule has 0 saturated heterocycles. The average molecular weight is 206 g/mol. The average Bonchev–Trinajstić information content (AvgIpc) is 2.25. The Morgan fingerprint density at radius 3 is 2.64 bits per heavy atom. The predicted octanol–water partition coefficient (Wildman–Crippen LogP) is 3.66. The molecule has 0 radical (unpaired) electrons. The molecule has 0 unspecified atom stereocenters. The lowest BCUT2D eigenvalue weighted by atomic mass is 10.2. The third-order valence-electron chi connectivity index (χ3n) is 1.74. The minimum atomic E-state index is 0.667. The second kappa shape index (κ2) is 7.39. The standard InChI is InChI=1S/C12H14OS/c13-10-6-1-2-7-11-14-12-8-4-3-5-9-12/h3-5,7-11H,1-2,6H2/b11-7+. The van der Waals surface area contributed by atoms with Crippen molar-refractivity contribution in [2.75, 3.05) is 0 Å². The maximum Gasteiger partial charge on any atom is 0.120 e. The summed E-state index contributed by atoms with van der Waals surface area (Å²) in [5.74, 6) is 0. The van der Waals surface area contributed by atoms with Gasteiger partial charge in [0.05, 0.1) is 0 Å². The molecule has 0 aliphatic rings. The van der Waals surface area contributed by atoms with E-state index in [1.807, 2.05) is 18.2 Å². The van der Waals surface area contributed by atoms with E-state index in [9.17, 15) is 4.79 Å². The van der Waals surface area contributed by atoms with Crippen molar-refractivity contribution >= 4 is 18.0 Å². The van der Waals surface area contributed by atoms with Crippen molar-refractivity contribution in [1.29, 1.82) is 0 Å². The van der Waals surface area contributed by atoms with E-state index < -0.39 is 0 Å². The Labute approximate surface area is 89.2 Å². The van der Waals surface area contributed by atoms with Crippen LogP contribution in [0.1, 0.15) is 19.3 Å². The topological polar surface area (TPSA) is 17.1 Å². The van der Waals surface area contributed by atoms with Gasteiger partial charge >= 0.3 is 0 Å². The zero-order valence-corrected chi connectivity index (χ0v) is 8.87. The first kappa shape index (κ1) is 11.1. The summed E-state index contributed by atoms with van der Waals surface area (Å²) < 4.78 is 0. The van der Waals surface area contributed by atoms with Gasteiger partial charge in [-0.3, -0.25) is 0 Å². The number of benzene rings is 1. The fourth-order valence-electron chi connectivity index (χ4n) is 1.01. The third kappa shape index (κ3) is 4.87. The zero-order valence-electron chi connectivity index (χ0n) is 8.06. The number of aldehydes is 1. The number of hydrogen-bond acceptors (Lipinski definition) is 2. The number of allylic oxidation sites excluding steroid dienone is 1. The Kier molecular flexibility index (Phi) is 5.84. The molecule has 0 fully saturated rings. The highest BCUT2D eigenvalue weighted by molar-refractivity contribution is 8.02. The Balaban J connectivity index is 2.17. The van der Waals surface area contributed by atoms with Crippen LogP contribution in [0.3, 0.4) is 0 Å². The Morgan fingerprint density at radius 2 is 1.93 bits per heavy atom. The first-order chi connectivity index (χ1) is 6.93. The monoisotopic (exact) mass is 206 g/mol. The highest BCUT2D eigenvalue weighted by atomic mass is 32.2. The fourth-order valence-corrected chi connectivity index (χ4v) is 1.72. The fraction of sp³-hybridized carbons (Fsp3) is 0.250. The molecule has 0 bridgehead atoms. The van der Waals surface area contributed by atoms with Crippen LogP contribution in [0.2, 0.25) is 0 Å². The molecule has 0 amide bonds. The first-order valence-electron chi connectivity index (χ1n) is 4.74. The van der Waals surface area contributed by atoms with Crippen LogP contribution in [0.25, 0.3) is 0 Å². The molecule has 1 rings (SSSR count). The van der Waals surface area contributed by atoms with Gasteiger partial charge in [0.25, 0.3) is 0 Å². The SMILES string of the molecule is O=CCCC/C=C/Sc1ccccc1. The van der Waals surface area contributed by atoms with E-state index >= 15 is 0 Å². The van der Waals surface area contributed by atoms with Gasteiger partial charge in [-0.25, -0.2) is 0 Å². The van der Waals surface area contributed by atoms with Crippen LogP contribution < -0.4 is 0 Å². The predicted molar refractivity (Wildman–Crippen MR) is 61.4 cm³/mol. The molecule has 0 aromatic heterocycles. The van der Waals surface area contributed by atoms with Gasteiger partial charge in [0, 0.05) is 11.3 Å². The Hall–Kier alpha value is -1.02. The van der Waals surface area contributed by atoms with Gasteiger partial charge in [-0.2, -0.15) is 0 Å². The highest BCUT2D eigenvalue weighted by Gasteiger charge is 1.86. The summed E-state index contributed by atoms with van der Waals surface area (Å²) in [6.07, 6.45) is 5.69. The number of rotatable bonds is 6. The zero-order chi connectivity index (χ0) is 10.1. The van der Waals surface area contributed by atoms with Crippen molar-refractivity contribution in [1.82, 2.24) is 0 Å². The van der Waals surface area contributed by atoms with Crippen molar-refractivity contribution in [2.45, 2.75) is 24.2 Å². The Morgan fingerprint density at radius 1 is 1.14 bits per heavy atom. The number of carbonyl (C=O) groups is 1. The molecule has 1 aromatic rings. The van der Waals surface area contributed by atoms with Crippen LogP contribution in [0, 0.1) is 0 Å². The van der Waals surface area contributed by atoms with Crippen molar-refractivity contribution in [2.24, 2.45) is 0 Å². The second-order valence-corrected chi connectivity index (χ2v) is 3.88. The molecular formula is C12H14OS. The van der Waals surface area contributed by atoms with Gasteiger partial charge in [0.1, 0.15) is 6.29 Å². The van der Waals surface area contributed by atoms with Crippen molar-refractivity contribution in [3.63, 3.8) is 0 Å². The van der Waals surface area contributed by atoms with Crippen LogP contribution in [-0.4, -0.2) is 6.29 Å². The molecule has 0 N–H and O–H groups in total. The largest absolute Gasteiger partial charge is 0.303 e. The van der Waals surface area contributed by atoms with Crippen LogP contribution in [-0.2, 0) is 4.79 Å². The summed E-state index contributed by atoms with van der Waals surface area (Å²) in [4.78, 5) is 11.3. The van der Waals surface area contributed by atoms with Crippen molar-refractivity contribution in [3.8, 4) is 0 Å². The van der Waals surface area contributed by atoms with E-state index in [1.165, 1.54) is 4.90 Å². The van der Waals surface area contributed by atoms with Crippen LogP contribution in [0.15, 0.2) is 46.7 Å². The number of thioether (sulfide) groups is 1. The maximum absolute atomic E-state index is 10.0. The van der Waals surface area contributed by atoms with Crippen molar-refractivity contribution < 1.29 is 4.79 Å². The van der Waals surface area contributed by atoms with Gasteiger partial charge in [-0.15, -0.1) is 0 Å². The van der Waals surface area contributed by atoms with E-state index in [2.05, 4.69) is 23.6 Å². The highest BCUT2D eigenvalue weighted by Crippen LogP contribution is 2.18. The number of carbonyl (C=O) groups excluding carboxylic acids is 1.